The molecule has 168 valence electrons. The largest absolute Gasteiger partial charge is 0.414 e. The SMILES string of the molecule is Cn1nc(-c2nnc(-c3ccccc3F)o2)c2c1CCN(C(=O)NCCc1ccccc1)C2. The van der Waals surface area contributed by atoms with Crippen LogP contribution < -0.4 is 5.32 Å². The van der Waals surface area contributed by atoms with Gasteiger partial charge >= 0.3 is 6.03 Å². The smallest absolute Gasteiger partial charge is 0.317 e. The van der Waals surface area contributed by atoms with E-state index in [1.807, 2.05) is 37.4 Å². The standard InChI is InChI=1S/C24H23FN6O2/c1-30-20-12-14-31(24(32)26-13-11-16-7-3-2-4-8-16)15-18(20)21(29-30)23-28-27-22(33-23)17-9-5-6-10-19(17)25/h2-10H,11-15H2,1H3,(H,26,32). The van der Waals surface area contributed by atoms with E-state index in [9.17, 15) is 9.18 Å². The number of halogens is 1. The van der Waals surface area contributed by atoms with E-state index < -0.39 is 5.82 Å². The summed E-state index contributed by atoms with van der Waals surface area (Å²) < 4.78 is 21.7. The van der Waals surface area contributed by atoms with Gasteiger partial charge in [0.2, 0.25) is 0 Å². The number of hydrogen-bond donors (Lipinski definition) is 1. The number of aromatic nitrogens is 4. The summed E-state index contributed by atoms with van der Waals surface area (Å²) in [5.41, 5.74) is 3.81. The lowest BCUT2D eigenvalue weighted by atomic mass is 10.1. The summed E-state index contributed by atoms with van der Waals surface area (Å²) in [5.74, 6) is -0.139. The molecule has 8 nitrogen and oxygen atoms in total. The molecule has 0 fully saturated rings. The van der Waals surface area contributed by atoms with E-state index in [0.717, 1.165) is 17.7 Å². The van der Waals surface area contributed by atoms with E-state index in [2.05, 4.69) is 20.6 Å². The first kappa shape index (κ1) is 20.9. The fraction of sp³-hybridized carbons (Fsp3) is 0.250. The molecule has 0 saturated carbocycles. The first-order chi connectivity index (χ1) is 16.1. The van der Waals surface area contributed by atoms with Crippen LogP contribution in [0.1, 0.15) is 16.8 Å². The molecule has 2 aromatic heterocycles. The summed E-state index contributed by atoms with van der Waals surface area (Å²) in [6.45, 7) is 1.53. The summed E-state index contributed by atoms with van der Waals surface area (Å²) in [7, 11) is 1.85. The van der Waals surface area contributed by atoms with E-state index in [1.165, 1.54) is 11.6 Å². The van der Waals surface area contributed by atoms with Crippen molar-refractivity contribution in [2.45, 2.75) is 19.4 Å². The highest BCUT2D eigenvalue weighted by molar-refractivity contribution is 5.75. The third-order valence-electron chi connectivity index (χ3n) is 5.79. The molecule has 9 heteroatoms. The van der Waals surface area contributed by atoms with Crippen molar-refractivity contribution in [3.8, 4) is 23.0 Å². The molecule has 33 heavy (non-hydrogen) atoms. The number of nitrogens with zero attached hydrogens (tertiary/aromatic N) is 5. The predicted molar refractivity (Wildman–Crippen MR) is 120 cm³/mol. The molecule has 1 aliphatic rings. The molecule has 2 amide bonds. The summed E-state index contributed by atoms with van der Waals surface area (Å²) in [6.07, 6.45) is 1.43. The van der Waals surface area contributed by atoms with Gasteiger partial charge < -0.3 is 14.6 Å². The zero-order valence-electron chi connectivity index (χ0n) is 18.2. The van der Waals surface area contributed by atoms with Crippen LogP contribution in [0, 0.1) is 5.82 Å². The maximum absolute atomic E-state index is 14.1. The number of fused-ring (bicyclic) bond motifs is 1. The quantitative estimate of drug-likeness (QED) is 0.506. The van der Waals surface area contributed by atoms with Crippen molar-refractivity contribution < 1.29 is 13.6 Å². The molecule has 0 radical (unpaired) electrons. The highest BCUT2D eigenvalue weighted by atomic mass is 19.1. The third-order valence-corrected chi connectivity index (χ3v) is 5.79. The molecule has 0 unspecified atom stereocenters. The molecule has 0 aliphatic carbocycles. The van der Waals surface area contributed by atoms with Crippen LogP contribution >= 0.6 is 0 Å². The third kappa shape index (κ3) is 4.21. The van der Waals surface area contributed by atoms with Crippen LogP contribution in [0.2, 0.25) is 0 Å². The predicted octanol–water partition coefficient (Wildman–Crippen LogP) is 3.59. The summed E-state index contributed by atoms with van der Waals surface area (Å²) in [5, 5.41) is 15.7. The summed E-state index contributed by atoms with van der Waals surface area (Å²) >= 11 is 0. The zero-order chi connectivity index (χ0) is 22.8. The first-order valence-corrected chi connectivity index (χ1v) is 10.8. The zero-order valence-corrected chi connectivity index (χ0v) is 18.2. The Morgan fingerprint density at radius 3 is 2.67 bits per heavy atom. The minimum absolute atomic E-state index is 0.0915. The highest BCUT2D eigenvalue weighted by Crippen LogP contribution is 2.31. The molecule has 0 saturated heterocycles. The van der Waals surface area contributed by atoms with Crippen LogP contribution in [0.5, 0.6) is 0 Å². The van der Waals surface area contributed by atoms with Crippen molar-refractivity contribution in [3.63, 3.8) is 0 Å². The molecule has 5 rings (SSSR count). The minimum atomic E-state index is -0.436. The van der Waals surface area contributed by atoms with Gasteiger partial charge in [-0.1, -0.05) is 42.5 Å². The number of nitrogens with one attached hydrogen (secondary N) is 1. The van der Waals surface area contributed by atoms with Crippen LogP contribution in [0.4, 0.5) is 9.18 Å². The Bertz CT molecular complexity index is 1280. The number of rotatable bonds is 5. The summed E-state index contributed by atoms with van der Waals surface area (Å²) in [6, 6.07) is 16.2. The van der Waals surface area contributed by atoms with Crippen LogP contribution in [-0.4, -0.2) is 44.0 Å². The van der Waals surface area contributed by atoms with E-state index >= 15 is 0 Å². The van der Waals surface area contributed by atoms with E-state index in [1.54, 1.807) is 27.8 Å². The average molecular weight is 446 g/mol. The summed E-state index contributed by atoms with van der Waals surface area (Å²) in [4.78, 5) is 14.5. The molecule has 4 aromatic rings. The highest BCUT2D eigenvalue weighted by Gasteiger charge is 2.29. The Balaban J connectivity index is 1.32. The van der Waals surface area contributed by atoms with Crippen molar-refractivity contribution >= 4 is 6.03 Å². The van der Waals surface area contributed by atoms with Gasteiger partial charge in [0.1, 0.15) is 5.82 Å². The molecule has 0 spiro atoms. The lowest BCUT2D eigenvalue weighted by Crippen LogP contribution is -2.43. The molecule has 0 bridgehead atoms. The van der Waals surface area contributed by atoms with Crippen molar-refractivity contribution in [1.82, 2.24) is 30.2 Å². The topological polar surface area (TPSA) is 89.1 Å². The van der Waals surface area contributed by atoms with Crippen LogP contribution in [0.15, 0.2) is 59.0 Å². The van der Waals surface area contributed by atoms with E-state index in [0.29, 0.717) is 31.7 Å². The lowest BCUT2D eigenvalue weighted by molar-refractivity contribution is 0.192. The van der Waals surface area contributed by atoms with Gasteiger partial charge in [-0.05, 0) is 24.1 Å². The van der Waals surface area contributed by atoms with Crippen molar-refractivity contribution in [1.29, 1.82) is 0 Å². The molecular weight excluding hydrogens is 423 g/mol. The second-order valence-electron chi connectivity index (χ2n) is 7.93. The second-order valence-corrected chi connectivity index (χ2v) is 7.93. The Morgan fingerprint density at radius 1 is 1.09 bits per heavy atom. The maximum Gasteiger partial charge on any atom is 0.317 e. The maximum atomic E-state index is 14.1. The van der Waals surface area contributed by atoms with Gasteiger partial charge in [0, 0.05) is 37.8 Å². The van der Waals surface area contributed by atoms with Gasteiger partial charge in [-0.3, -0.25) is 4.68 Å². The fourth-order valence-corrected chi connectivity index (χ4v) is 4.07. The number of benzene rings is 2. The Morgan fingerprint density at radius 2 is 1.85 bits per heavy atom. The van der Waals surface area contributed by atoms with Gasteiger partial charge in [0.05, 0.1) is 12.1 Å². The van der Waals surface area contributed by atoms with Crippen molar-refractivity contribution in [2.75, 3.05) is 13.1 Å². The van der Waals surface area contributed by atoms with E-state index in [-0.39, 0.29) is 23.4 Å². The molecular formula is C24H23FN6O2. The first-order valence-electron chi connectivity index (χ1n) is 10.8. The fourth-order valence-electron chi connectivity index (χ4n) is 4.07. The number of carbonyl (C=O) groups excluding carboxylic acids is 1. The van der Waals surface area contributed by atoms with Crippen LogP contribution in [0.25, 0.3) is 23.0 Å². The van der Waals surface area contributed by atoms with Gasteiger partial charge in [0.15, 0.2) is 5.69 Å². The Kier molecular flexibility index (Phi) is 5.60. The molecule has 1 aliphatic heterocycles. The molecule has 3 heterocycles. The average Bonchev–Trinajstić information content (AvgIpc) is 3.44. The Hall–Kier alpha value is -4.01. The van der Waals surface area contributed by atoms with Crippen molar-refractivity contribution in [3.05, 3.63) is 77.2 Å². The molecule has 2 aromatic carbocycles. The van der Waals surface area contributed by atoms with Gasteiger partial charge in [-0.15, -0.1) is 10.2 Å². The van der Waals surface area contributed by atoms with Gasteiger partial charge in [-0.25, -0.2) is 9.18 Å². The van der Waals surface area contributed by atoms with E-state index in [4.69, 9.17) is 4.42 Å². The number of amides is 2. The number of hydrogen-bond acceptors (Lipinski definition) is 5. The van der Waals surface area contributed by atoms with Crippen molar-refractivity contribution in [2.24, 2.45) is 7.05 Å². The monoisotopic (exact) mass is 446 g/mol. The Labute approximate surface area is 190 Å². The number of aryl methyl sites for hydroxylation is 1. The minimum Gasteiger partial charge on any atom is -0.414 e. The molecule has 1 N–H and O–H groups in total. The van der Waals surface area contributed by atoms with Gasteiger partial charge in [-0.2, -0.15) is 5.10 Å². The lowest BCUT2D eigenvalue weighted by Gasteiger charge is -2.27. The van der Waals surface area contributed by atoms with Gasteiger partial charge in [0.25, 0.3) is 11.8 Å². The normalized spacial score (nSPS) is 13.1. The molecule has 0 atom stereocenters. The second kappa shape index (κ2) is 8.85. The van der Waals surface area contributed by atoms with Crippen LogP contribution in [-0.2, 0) is 26.4 Å². The number of urea groups is 1. The number of carbonyl (C=O) groups is 1. The van der Waals surface area contributed by atoms with Crippen LogP contribution in [0.3, 0.4) is 0 Å².